The number of hydrogen-bond donors (Lipinski definition) is 3. The molecule has 0 aliphatic carbocycles. The predicted molar refractivity (Wildman–Crippen MR) is 122 cm³/mol. The fourth-order valence-corrected chi connectivity index (χ4v) is 3.83. The molecule has 0 amide bonds. The number of hydrazone groups is 1. The number of nitrogens with one attached hydrogen (secondary N) is 2. The molecular weight excluding hydrogens is 452 g/mol. The zero-order valence-corrected chi connectivity index (χ0v) is 18.8. The lowest BCUT2D eigenvalue weighted by molar-refractivity contribution is 0.323. The summed E-state index contributed by atoms with van der Waals surface area (Å²) in [4.78, 5) is 27.3. The number of benzene rings is 2. The number of aromatic hydroxyl groups is 1. The molecule has 2 heterocycles. The van der Waals surface area contributed by atoms with Crippen LogP contribution >= 0.6 is 11.6 Å². The Balaban J connectivity index is 1.72. The molecule has 33 heavy (non-hydrogen) atoms. The number of aromatic amines is 1. The number of methoxy groups -OCH3 is 3. The van der Waals surface area contributed by atoms with Gasteiger partial charge in [-0.2, -0.15) is 5.10 Å². The van der Waals surface area contributed by atoms with Crippen molar-refractivity contribution in [2.24, 2.45) is 5.10 Å². The zero-order valence-electron chi connectivity index (χ0n) is 18.0. The zero-order chi connectivity index (χ0) is 23.7. The fourth-order valence-electron chi connectivity index (χ4n) is 3.71. The molecule has 1 aromatic heterocycles. The van der Waals surface area contributed by atoms with Crippen LogP contribution in [0.5, 0.6) is 23.1 Å². The van der Waals surface area contributed by atoms with Crippen LogP contribution in [0.3, 0.4) is 0 Å². The predicted octanol–water partition coefficient (Wildman–Crippen LogP) is 2.35. The smallest absolute Gasteiger partial charge is 0.335 e. The first kappa shape index (κ1) is 22.3. The average Bonchev–Trinajstić information content (AvgIpc) is 3.28. The van der Waals surface area contributed by atoms with E-state index in [1.165, 1.54) is 21.3 Å². The van der Waals surface area contributed by atoms with Crippen molar-refractivity contribution in [2.45, 2.75) is 12.5 Å². The Morgan fingerprint density at radius 1 is 1.06 bits per heavy atom. The largest absolute Gasteiger partial charge is 0.493 e. The molecule has 0 saturated heterocycles. The first-order valence-electron chi connectivity index (χ1n) is 9.84. The third-order valence-electron chi connectivity index (χ3n) is 5.30. The second-order valence-corrected chi connectivity index (χ2v) is 7.61. The van der Waals surface area contributed by atoms with E-state index in [1.807, 2.05) is 0 Å². The van der Waals surface area contributed by atoms with Crippen molar-refractivity contribution in [3.05, 3.63) is 73.4 Å². The molecule has 0 spiro atoms. The van der Waals surface area contributed by atoms with E-state index in [0.29, 0.717) is 28.0 Å². The van der Waals surface area contributed by atoms with Crippen LogP contribution < -0.4 is 30.9 Å². The molecule has 3 aromatic rings. The molecule has 1 aliphatic heterocycles. The van der Waals surface area contributed by atoms with E-state index in [0.717, 1.165) is 10.1 Å². The number of nitrogens with zero attached hydrogens (tertiary/aromatic N) is 2. The van der Waals surface area contributed by atoms with Crippen molar-refractivity contribution in [3.8, 4) is 28.8 Å². The molecule has 0 bridgehead atoms. The number of halogens is 1. The molecule has 1 atom stereocenters. The molecule has 1 aliphatic rings. The van der Waals surface area contributed by atoms with Crippen LogP contribution in [0.1, 0.15) is 23.6 Å². The third-order valence-corrected chi connectivity index (χ3v) is 5.55. The lowest BCUT2D eigenvalue weighted by Crippen LogP contribution is -2.33. The highest BCUT2D eigenvalue weighted by atomic mass is 35.5. The maximum absolute atomic E-state index is 12.6. The number of H-pyrrole nitrogens is 1. The topological polar surface area (TPSA) is 127 Å². The molecule has 10 nitrogen and oxygen atoms in total. The molecule has 0 fully saturated rings. The Morgan fingerprint density at radius 2 is 1.70 bits per heavy atom. The van der Waals surface area contributed by atoms with Gasteiger partial charge >= 0.3 is 5.69 Å². The van der Waals surface area contributed by atoms with Crippen molar-refractivity contribution >= 4 is 17.3 Å². The summed E-state index contributed by atoms with van der Waals surface area (Å²) in [5.74, 6) is 0.877. The summed E-state index contributed by atoms with van der Waals surface area (Å²) >= 11 is 5.91. The van der Waals surface area contributed by atoms with Gasteiger partial charge in [0.05, 0.1) is 38.8 Å². The lowest BCUT2D eigenvalue weighted by Gasteiger charge is -2.17. The van der Waals surface area contributed by atoms with Crippen molar-refractivity contribution in [1.29, 1.82) is 0 Å². The standard InChI is InChI=1S/C22H21ClN4O6/c1-31-16-8-11(9-17(32-2)19(16)33-3)14-10-15(26-25-14)18-20(28)24-22(30)27(21(18)29)13-6-4-12(23)5-7-13/h4-9,14,25,29H,10H2,1-3H3,(H,24,28,30)/t14-/m1/s1. The first-order valence-corrected chi connectivity index (χ1v) is 10.2. The van der Waals surface area contributed by atoms with E-state index in [9.17, 15) is 14.7 Å². The summed E-state index contributed by atoms with van der Waals surface area (Å²) in [5.41, 5.74) is 2.73. The number of aromatic nitrogens is 2. The summed E-state index contributed by atoms with van der Waals surface area (Å²) in [5, 5.41) is 15.6. The van der Waals surface area contributed by atoms with Crippen LogP contribution in [0.25, 0.3) is 5.69 Å². The maximum Gasteiger partial charge on any atom is 0.335 e. The second kappa shape index (κ2) is 8.91. The Morgan fingerprint density at radius 3 is 2.27 bits per heavy atom. The van der Waals surface area contributed by atoms with Gasteiger partial charge in [-0.05, 0) is 42.0 Å². The van der Waals surface area contributed by atoms with Gasteiger partial charge in [0, 0.05) is 11.4 Å². The molecule has 0 unspecified atom stereocenters. The fraction of sp³-hybridized carbons (Fsp3) is 0.227. The monoisotopic (exact) mass is 472 g/mol. The molecule has 3 N–H and O–H groups in total. The van der Waals surface area contributed by atoms with Crippen LogP contribution in [0.2, 0.25) is 5.02 Å². The van der Waals surface area contributed by atoms with Crippen LogP contribution in [0, 0.1) is 0 Å². The Hall–Kier alpha value is -3.92. The number of rotatable bonds is 6. The van der Waals surface area contributed by atoms with Crippen molar-refractivity contribution in [3.63, 3.8) is 0 Å². The minimum absolute atomic E-state index is 0.105. The van der Waals surface area contributed by atoms with Gasteiger partial charge in [0.2, 0.25) is 11.6 Å². The number of ether oxygens (including phenoxy) is 3. The van der Waals surface area contributed by atoms with Gasteiger partial charge in [-0.3, -0.25) is 9.78 Å². The van der Waals surface area contributed by atoms with Crippen LogP contribution in [-0.2, 0) is 0 Å². The molecule has 0 saturated carbocycles. The minimum atomic E-state index is -0.781. The van der Waals surface area contributed by atoms with Crippen LogP contribution in [0.15, 0.2) is 51.1 Å². The Bertz CT molecular complexity index is 1320. The molecule has 2 aromatic carbocycles. The van der Waals surface area contributed by atoms with E-state index >= 15 is 0 Å². The van der Waals surface area contributed by atoms with Crippen LogP contribution in [0.4, 0.5) is 0 Å². The van der Waals surface area contributed by atoms with Crippen molar-refractivity contribution in [2.75, 3.05) is 21.3 Å². The molecule has 4 rings (SSSR count). The SMILES string of the molecule is COc1cc([C@H]2CC(c3c(O)n(-c4ccc(Cl)cc4)c(=O)[nH]c3=O)=NN2)cc(OC)c1OC. The summed E-state index contributed by atoms with van der Waals surface area (Å²) < 4.78 is 17.1. The van der Waals surface area contributed by atoms with E-state index in [2.05, 4.69) is 15.5 Å². The molecule has 0 radical (unpaired) electrons. The normalized spacial score (nSPS) is 15.0. The van der Waals surface area contributed by atoms with E-state index < -0.39 is 17.1 Å². The average molecular weight is 473 g/mol. The highest BCUT2D eigenvalue weighted by molar-refractivity contribution is 6.30. The Kier molecular flexibility index (Phi) is 6.01. The quantitative estimate of drug-likeness (QED) is 0.502. The molecular formula is C22H21ClN4O6. The number of hydrogen-bond acceptors (Lipinski definition) is 8. The maximum atomic E-state index is 12.6. The third kappa shape index (κ3) is 4.00. The summed E-state index contributed by atoms with van der Waals surface area (Å²) in [6.45, 7) is 0. The molecule has 172 valence electrons. The minimum Gasteiger partial charge on any atom is -0.493 e. The van der Waals surface area contributed by atoms with E-state index in [-0.39, 0.29) is 23.7 Å². The van der Waals surface area contributed by atoms with Gasteiger partial charge in [0.1, 0.15) is 5.56 Å². The lowest BCUT2D eigenvalue weighted by atomic mass is 9.99. The first-order chi connectivity index (χ1) is 15.9. The highest BCUT2D eigenvalue weighted by Gasteiger charge is 2.29. The van der Waals surface area contributed by atoms with Gasteiger partial charge in [0.15, 0.2) is 11.5 Å². The highest BCUT2D eigenvalue weighted by Crippen LogP contribution is 2.41. The van der Waals surface area contributed by atoms with Crippen LogP contribution in [-0.4, -0.2) is 41.7 Å². The Labute approximate surface area is 193 Å². The van der Waals surface area contributed by atoms with Gasteiger partial charge in [-0.15, -0.1) is 0 Å². The van der Waals surface area contributed by atoms with Gasteiger partial charge in [-0.1, -0.05) is 11.6 Å². The summed E-state index contributed by atoms with van der Waals surface area (Å²) in [6.07, 6.45) is 0.258. The van der Waals surface area contributed by atoms with Gasteiger partial charge in [-0.25, -0.2) is 9.36 Å². The van der Waals surface area contributed by atoms with Crippen molar-refractivity contribution in [1.82, 2.24) is 15.0 Å². The van der Waals surface area contributed by atoms with Gasteiger partial charge < -0.3 is 24.7 Å². The second-order valence-electron chi connectivity index (χ2n) is 7.17. The van der Waals surface area contributed by atoms with Gasteiger partial charge in [0.25, 0.3) is 5.56 Å². The van der Waals surface area contributed by atoms with E-state index in [4.69, 9.17) is 25.8 Å². The van der Waals surface area contributed by atoms with Crippen molar-refractivity contribution < 1.29 is 19.3 Å². The molecule has 11 heteroatoms. The summed E-state index contributed by atoms with van der Waals surface area (Å²) in [6, 6.07) is 9.46. The summed E-state index contributed by atoms with van der Waals surface area (Å²) in [7, 11) is 4.55. The van der Waals surface area contributed by atoms with E-state index in [1.54, 1.807) is 36.4 Å².